The van der Waals surface area contributed by atoms with Gasteiger partial charge in [0.2, 0.25) is 0 Å². The molecule has 2 aromatic heterocycles. The Bertz CT molecular complexity index is 1540. The Kier molecular flexibility index (Phi) is 5.60. The summed E-state index contributed by atoms with van der Waals surface area (Å²) in [6, 6.07) is 28.1. The maximum atomic E-state index is 13.7. The summed E-state index contributed by atoms with van der Waals surface area (Å²) in [6.45, 7) is 2.40. The van der Waals surface area contributed by atoms with E-state index in [2.05, 4.69) is 42.5 Å². The molecule has 5 aromatic rings. The number of fused-ring (bicyclic) bond motifs is 1. The van der Waals surface area contributed by atoms with E-state index in [0.717, 1.165) is 38.5 Å². The number of nitrogens with zero attached hydrogens (tertiary/aromatic N) is 3. The first kappa shape index (κ1) is 20.9. The van der Waals surface area contributed by atoms with E-state index < -0.39 is 0 Å². The zero-order valence-corrected chi connectivity index (χ0v) is 19.0. The predicted octanol–water partition coefficient (Wildman–Crippen LogP) is 6.27. The minimum Gasteiger partial charge on any atom is -0.292 e. The van der Waals surface area contributed by atoms with Crippen LogP contribution in [0.2, 0.25) is 0 Å². The van der Waals surface area contributed by atoms with Crippen molar-refractivity contribution in [1.82, 2.24) is 9.55 Å². The number of rotatable bonds is 5. The van der Waals surface area contributed by atoms with Crippen molar-refractivity contribution in [2.75, 3.05) is 0 Å². The molecule has 0 spiro atoms. The molecule has 5 rings (SSSR count). The quantitative estimate of drug-likeness (QED) is 0.319. The normalized spacial score (nSPS) is 10.9. The average molecular weight is 448 g/mol. The van der Waals surface area contributed by atoms with Gasteiger partial charge in [-0.1, -0.05) is 73.7 Å². The van der Waals surface area contributed by atoms with E-state index in [1.807, 2.05) is 48.7 Å². The molecule has 0 unspecified atom stereocenters. The number of hydrogen-bond acceptors (Lipinski definition) is 4. The standard InChI is InChI=1S/C28H21N3OS/c1-2-25-30-27-26(28(32)31(25)17-20-8-6-7-19(15-20)16-29)24(18-33-27)23-13-11-22(12-14-23)21-9-4-3-5-10-21/h3-15,18H,2,17H2,1H3. The van der Waals surface area contributed by atoms with Gasteiger partial charge < -0.3 is 0 Å². The Morgan fingerprint density at radius 2 is 1.67 bits per heavy atom. The van der Waals surface area contributed by atoms with Crippen molar-refractivity contribution in [2.24, 2.45) is 0 Å². The van der Waals surface area contributed by atoms with Gasteiger partial charge in [0.1, 0.15) is 10.7 Å². The number of nitriles is 1. The topological polar surface area (TPSA) is 58.7 Å². The molecule has 0 bridgehead atoms. The Labute approximate surface area is 196 Å². The summed E-state index contributed by atoms with van der Waals surface area (Å²) in [7, 11) is 0. The van der Waals surface area contributed by atoms with Crippen molar-refractivity contribution in [3.05, 3.63) is 112 Å². The van der Waals surface area contributed by atoms with Gasteiger partial charge in [-0.05, 0) is 34.4 Å². The first-order chi connectivity index (χ1) is 16.2. The summed E-state index contributed by atoms with van der Waals surface area (Å²) in [5.74, 6) is 0.752. The van der Waals surface area contributed by atoms with E-state index in [-0.39, 0.29) is 5.56 Å². The molecule has 0 aliphatic rings. The summed E-state index contributed by atoms with van der Waals surface area (Å²) in [6.07, 6.45) is 0.655. The number of benzene rings is 3. The number of hydrogen-bond donors (Lipinski definition) is 0. The van der Waals surface area contributed by atoms with Crippen molar-refractivity contribution in [3.8, 4) is 28.3 Å². The van der Waals surface area contributed by atoms with Crippen LogP contribution < -0.4 is 5.56 Å². The van der Waals surface area contributed by atoms with Gasteiger partial charge in [-0.25, -0.2) is 4.98 Å². The molecule has 0 aliphatic heterocycles. The largest absolute Gasteiger partial charge is 0.292 e. The van der Waals surface area contributed by atoms with Crippen LogP contribution in [-0.4, -0.2) is 9.55 Å². The van der Waals surface area contributed by atoms with Crippen LogP contribution in [0, 0.1) is 11.3 Å². The van der Waals surface area contributed by atoms with E-state index in [1.165, 1.54) is 11.3 Å². The van der Waals surface area contributed by atoms with Gasteiger partial charge in [0.25, 0.3) is 5.56 Å². The van der Waals surface area contributed by atoms with E-state index in [9.17, 15) is 10.1 Å². The first-order valence-electron chi connectivity index (χ1n) is 10.8. The van der Waals surface area contributed by atoms with Crippen molar-refractivity contribution in [2.45, 2.75) is 19.9 Å². The van der Waals surface area contributed by atoms with Crippen LogP contribution in [0.5, 0.6) is 0 Å². The summed E-state index contributed by atoms with van der Waals surface area (Å²) in [5.41, 5.74) is 5.67. The van der Waals surface area contributed by atoms with Gasteiger partial charge in [0.15, 0.2) is 0 Å². The van der Waals surface area contributed by atoms with Crippen LogP contribution >= 0.6 is 11.3 Å². The third kappa shape index (κ3) is 3.97. The molecule has 160 valence electrons. The molecule has 0 atom stereocenters. The molecular formula is C28H21N3OS. The monoisotopic (exact) mass is 447 g/mol. The molecule has 0 saturated carbocycles. The molecular weight excluding hydrogens is 426 g/mol. The molecule has 2 heterocycles. The van der Waals surface area contributed by atoms with E-state index in [0.29, 0.717) is 23.9 Å². The number of thiophene rings is 1. The maximum absolute atomic E-state index is 13.7. The minimum absolute atomic E-state index is 0.0393. The van der Waals surface area contributed by atoms with Crippen LogP contribution in [-0.2, 0) is 13.0 Å². The Hall–Kier alpha value is -4.01. The summed E-state index contributed by atoms with van der Waals surface area (Å²) >= 11 is 1.51. The Morgan fingerprint density at radius 3 is 2.39 bits per heavy atom. The van der Waals surface area contributed by atoms with Crippen LogP contribution in [0.25, 0.3) is 32.5 Å². The van der Waals surface area contributed by atoms with Crippen LogP contribution in [0.3, 0.4) is 0 Å². The second kappa shape index (κ2) is 8.85. The fourth-order valence-corrected chi connectivity index (χ4v) is 5.06. The molecule has 5 heteroatoms. The highest BCUT2D eigenvalue weighted by atomic mass is 32.1. The molecule has 0 saturated heterocycles. The first-order valence-corrected chi connectivity index (χ1v) is 11.7. The predicted molar refractivity (Wildman–Crippen MR) is 134 cm³/mol. The van der Waals surface area contributed by atoms with Crippen LogP contribution in [0.1, 0.15) is 23.9 Å². The van der Waals surface area contributed by atoms with Crippen molar-refractivity contribution >= 4 is 21.6 Å². The highest BCUT2D eigenvalue weighted by molar-refractivity contribution is 7.17. The molecule has 0 radical (unpaired) electrons. The fourth-order valence-electron chi connectivity index (χ4n) is 4.11. The van der Waals surface area contributed by atoms with Gasteiger partial charge in [-0.3, -0.25) is 9.36 Å². The third-order valence-corrected chi connectivity index (χ3v) is 6.66. The van der Waals surface area contributed by atoms with Gasteiger partial charge in [0.05, 0.1) is 23.6 Å². The lowest BCUT2D eigenvalue weighted by Gasteiger charge is -2.12. The maximum Gasteiger partial charge on any atom is 0.263 e. The van der Waals surface area contributed by atoms with Gasteiger partial charge >= 0.3 is 0 Å². The summed E-state index contributed by atoms with van der Waals surface area (Å²) < 4.78 is 1.74. The Morgan fingerprint density at radius 1 is 0.939 bits per heavy atom. The smallest absolute Gasteiger partial charge is 0.263 e. The lowest BCUT2D eigenvalue weighted by Crippen LogP contribution is -2.25. The van der Waals surface area contributed by atoms with Crippen molar-refractivity contribution in [3.63, 3.8) is 0 Å². The van der Waals surface area contributed by atoms with Gasteiger partial charge in [0, 0.05) is 17.4 Å². The number of aryl methyl sites for hydroxylation is 1. The lowest BCUT2D eigenvalue weighted by molar-refractivity contribution is 0.687. The summed E-state index contributed by atoms with van der Waals surface area (Å²) in [5, 5.41) is 11.9. The number of aromatic nitrogens is 2. The SMILES string of the molecule is CCc1nc2scc(-c3ccc(-c4ccccc4)cc3)c2c(=O)n1Cc1cccc(C#N)c1. The van der Waals surface area contributed by atoms with Gasteiger partial charge in [-0.15, -0.1) is 11.3 Å². The molecule has 0 aliphatic carbocycles. The highest BCUT2D eigenvalue weighted by Crippen LogP contribution is 2.32. The zero-order valence-electron chi connectivity index (χ0n) is 18.2. The molecule has 3 aromatic carbocycles. The van der Waals surface area contributed by atoms with E-state index in [4.69, 9.17) is 4.98 Å². The molecule has 0 fully saturated rings. The molecule has 33 heavy (non-hydrogen) atoms. The lowest BCUT2D eigenvalue weighted by atomic mass is 10.0. The average Bonchev–Trinajstić information content (AvgIpc) is 3.30. The molecule has 0 amide bonds. The van der Waals surface area contributed by atoms with Crippen LogP contribution in [0.15, 0.2) is 89.0 Å². The van der Waals surface area contributed by atoms with Gasteiger partial charge in [-0.2, -0.15) is 5.26 Å². The second-order valence-electron chi connectivity index (χ2n) is 7.86. The van der Waals surface area contributed by atoms with E-state index in [1.54, 1.807) is 10.6 Å². The minimum atomic E-state index is -0.0393. The fraction of sp³-hybridized carbons (Fsp3) is 0.107. The zero-order chi connectivity index (χ0) is 22.8. The van der Waals surface area contributed by atoms with Crippen molar-refractivity contribution in [1.29, 1.82) is 5.26 Å². The summed E-state index contributed by atoms with van der Waals surface area (Å²) in [4.78, 5) is 19.3. The second-order valence-corrected chi connectivity index (χ2v) is 8.72. The highest BCUT2D eigenvalue weighted by Gasteiger charge is 2.17. The third-order valence-electron chi connectivity index (χ3n) is 5.79. The van der Waals surface area contributed by atoms with Crippen molar-refractivity contribution < 1.29 is 0 Å². The molecule has 4 nitrogen and oxygen atoms in total. The van der Waals surface area contributed by atoms with E-state index >= 15 is 0 Å². The molecule has 0 N–H and O–H groups in total. The van der Waals surface area contributed by atoms with Crippen LogP contribution in [0.4, 0.5) is 0 Å². The Balaban J connectivity index is 1.59.